The predicted molar refractivity (Wildman–Crippen MR) is 81.5 cm³/mol. The summed E-state index contributed by atoms with van der Waals surface area (Å²) in [6.45, 7) is 7.14. The second kappa shape index (κ2) is 8.18. The lowest BCUT2D eigenvalue weighted by molar-refractivity contribution is 0.294. The minimum Gasteiger partial charge on any atom is -0.496 e. The summed E-state index contributed by atoms with van der Waals surface area (Å²) in [5, 5.41) is 0. The van der Waals surface area contributed by atoms with Crippen molar-refractivity contribution < 1.29 is 4.74 Å². The number of ether oxygens (including phenoxy) is 1. The van der Waals surface area contributed by atoms with Crippen molar-refractivity contribution in [2.45, 2.75) is 33.2 Å². The Morgan fingerprint density at radius 3 is 2.68 bits per heavy atom. The average Bonchev–Trinajstić information content (AvgIpc) is 2.44. The molecule has 19 heavy (non-hydrogen) atoms. The van der Waals surface area contributed by atoms with Crippen LogP contribution >= 0.6 is 0 Å². The zero-order valence-corrected chi connectivity index (χ0v) is 12.8. The molecule has 1 atom stereocenters. The van der Waals surface area contributed by atoms with Gasteiger partial charge in [0.05, 0.1) is 7.11 Å². The van der Waals surface area contributed by atoms with Crippen LogP contribution in [-0.2, 0) is 13.0 Å². The molecule has 0 aliphatic rings. The fourth-order valence-corrected chi connectivity index (χ4v) is 2.10. The molecule has 0 heterocycles. The summed E-state index contributed by atoms with van der Waals surface area (Å²) in [5.41, 5.74) is 8.28. The summed E-state index contributed by atoms with van der Waals surface area (Å²) in [7, 11) is 3.89. The van der Waals surface area contributed by atoms with Crippen molar-refractivity contribution in [2.75, 3.05) is 27.2 Å². The number of nitrogens with two attached hydrogens (primary N) is 1. The first kappa shape index (κ1) is 16.0. The van der Waals surface area contributed by atoms with Crippen LogP contribution in [0.3, 0.4) is 0 Å². The summed E-state index contributed by atoms with van der Waals surface area (Å²) >= 11 is 0. The highest BCUT2D eigenvalue weighted by Crippen LogP contribution is 2.21. The van der Waals surface area contributed by atoms with Crippen LogP contribution in [-0.4, -0.2) is 32.1 Å². The lowest BCUT2D eigenvalue weighted by atomic mass is 10.1. The molecule has 3 nitrogen and oxygen atoms in total. The minimum absolute atomic E-state index is 0.589. The quantitative estimate of drug-likeness (QED) is 0.784. The van der Waals surface area contributed by atoms with Crippen LogP contribution in [0.4, 0.5) is 0 Å². The monoisotopic (exact) mass is 264 g/mol. The van der Waals surface area contributed by atoms with Gasteiger partial charge in [-0.1, -0.05) is 26.0 Å². The molecule has 3 heteroatoms. The Morgan fingerprint density at radius 2 is 2.11 bits per heavy atom. The molecule has 0 aliphatic carbocycles. The number of rotatable bonds is 8. The third kappa shape index (κ3) is 5.21. The van der Waals surface area contributed by atoms with E-state index in [9.17, 15) is 0 Å². The number of hydrogen-bond acceptors (Lipinski definition) is 3. The zero-order valence-electron chi connectivity index (χ0n) is 12.8. The molecule has 1 aromatic carbocycles. The number of methoxy groups -OCH3 is 1. The van der Waals surface area contributed by atoms with Gasteiger partial charge in [0, 0.05) is 12.1 Å². The van der Waals surface area contributed by atoms with Crippen molar-refractivity contribution in [3.63, 3.8) is 0 Å². The van der Waals surface area contributed by atoms with Gasteiger partial charge in [-0.2, -0.15) is 0 Å². The standard InChI is InChI=1S/C16H28N2O/c1-5-14-6-7-16(19-4)15(10-14)12-18(3)9-8-13(2)11-17/h6-7,10,13H,5,8-9,11-12,17H2,1-4H3. The van der Waals surface area contributed by atoms with Gasteiger partial charge in [0.2, 0.25) is 0 Å². The van der Waals surface area contributed by atoms with E-state index in [-0.39, 0.29) is 0 Å². The minimum atomic E-state index is 0.589. The van der Waals surface area contributed by atoms with E-state index in [1.54, 1.807) is 7.11 Å². The van der Waals surface area contributed by atoms with Gasteiger partial charge in [-0.15, -0.1) is 0 Å². The summed E-state index contributed by atoms with van der Waals surface area (Å²) < 4.78 is 5.45. The van der Waals surface area contributed by atoms with Crippen LogP contribution in [0.5, 0.6) is 5.75 Å². The third-order valence-corrected chi connectivity index (χ3v) is 3.60. The molecule has 0 aromatic heterocycles. The normalized spacial score (nSPS) is 12.7. The molecule has 2 N–H and O–H groups in total. The summed E-state index contributed by atoms with van der Waals surface area (Å²) in [6, 6.07) is 6.46. The van der Waals surface area contributed by atoms with Crippen molar-refractivity contribution in [1.82, 2.24) is 4.90 Å². The SMILES string of the molecule is CCc1ccc(OC)c(CN(C)CCC(C)CN)c1. The lowest BCUT2D eigenvalue weighted by Crippen LogP contribution is -2.23. The molecule has 0 fully saturated rings. The van der Waals surface area contributed by atoms with Gasteiger partial charge in [-0.25, -0.2) is 0 Å². The van der Waals surface area contributed by atoms with Crippen LogP contribution < -0.4 is 10.5 Å². The van der Waals surface area contributed by atoms with E-state index in [0.717, 1.165) is 38.2 Å². The second-order valence-corrected chi connectivity index (χ2v) is 5.37. The smallest absolute Gasteiger partial charge is 0.123 e. The van der Waals surface area contributed by atoms with Gasteiger partial charge in [0.25, 0.3) is 0 Å². The highest BCUT2D eigenvalue weighted by Gasteiger charge is 2.08. The maximum Gasteiger partial charge on any atom is 0.123 e. The summed E-state index contributed by atoms with van der Waals surface area (Å²) in [6.07, 6.45) is 2.20. The van der Waals surface area contributed by atoms with Crippen molar-refractivity contribution in [2.24, 2.45) is 11.7 Å². The van der Waals surface area contributed by atoms with E-state index in [2.05, 4.69) is 44.0 Å². The Bertz CT molecular complexity index is 379. The first-order valence-corrected chi connectivity index (χ1v) is 7.15. The summed E-state index contributed by atoms with van der Waals surface area (Å²) in [4.78, 5) is 2.34. The molecular weight excluding hydrogens is 236 g/mol. The summed E-state index contributed by atoms with van der Waals surface area (Å²) in [5.74, 6) is 1.57. The van der Waals surface area contributed by atoms with Crippen molar-refractivity contribution in [1.29, 1.82) is 0 Å². The molecule has 1 unspecified atom stereocenters. The van der Waals surface area contributed by atoms with Crippen molar-refractivity contribution >= 4 is 0 Å². The third-order valence-electron chi connectivity index (χ3n) is 3.60. The Balaban J connectivity index is 2.63. The molecule has 0 radical (unpaired) electrons. The molecule has 0 amide bonds. The van der Waals surface area contributed by atoms with E-state index in [1.807, 2.05) is 0 Å². The molecular formula is C16H28N2O. The number of nitrogens with zero attached hydrogens (tertiary/aromatic N) is 1. The molecule has 0 spiro atoms. The van der Waals surface area contributed by atoms with E-state index < -0.39 is 0 Å². The topological polar surface area (TPSA) is 38.5 Å². The first-order chi connectivity index (χ1) is 9.10. The highest BCUT2D eigenvalue weighted by molar-refractivity contribution is 5.37. The Hall–Kier alpha value is -1.06. The van der Waals surface area contributed by atoms with Crippen LogP contribution in [0.25, 0.3) is 0 Å². The van der Waals surface area contributed by atoms with Crippen LogP contribution in [0, 0.1) is 5.92 Å². The van der Waals surface area contributed by atoms with E-state index in [1.165, 1.54) is 11.1 Å². The molecule has 108 valence electrons. The van der Waals surface area contributed by atoms with Gasteiger partial charge in [0.15, 0.2) is 0 Å². The maximum absolute atomic E-state index is 5.66. The largest absolute Gasteiger partial charge is 0.496 e. The fraction of sp³-hybridized carbons (Fsp3) is 0.625. The Kier molecular flexibility index (Phi) is 6.89. The molecule has 0 aliphatic heterocycles. The molecule has 0 saturated carbocycles. The number of aryl methyl sites for hydroxylation is 1. The predicted octanol–water partition coefficient (Wildman–Crippen LogP) is 2.67. The van der Waals surface area contributed by atoms with Crippen LogP contribution in [0.1, 0.15) is 31.4 Å². The van der Waals surface area contributed by atoms with Crippen LogP contribution in [0.15, 0.2) is 18.2 Å². The zero-order chi connectivity index (χ0) is 14.3. The molecule has 0 bridgehead atoms. The van der Waals surface area contributed by atoms with Crippen LogP contribution in [0.2, 0.25) is 0 Å². The van der Waals surface area contributed by atoms with Gasteiger partial charge < -0.3 is 15.4 Å². The van der Waals surface area contributed by atoms with Crippen molar-refractivity contribution in [3.8, 4) is 5.75 Å². The van der Waals surface area contributed by atoms with E-state index in [4.69, 9.17) is 10.5 Å². The number of benzene rings is 1. The van der Waals surface area contributed by atoms with Crippen molar-refractivity contribution in [3.05, 3.63) is 29.3 Å². The molecule has 1 rings (SSSR count). The lowest BCUT2D eigenvalue weighted by Gasteiger charge is -2.20. The highest BCUT2D eigenvalue weighted by atomic mass is 16.5. The van der Waals surface area contributed by atoms with E-state index in [0.29, 0.717) is 5.92 Å². The molecule has 0 saturated heterocycles. The molecule has 1 aromatic rings. The van der Waals surface area contributed by atoms with Gasteiger partial charge in [-0.05, 0) is 50.5 Å². The number of hydrogen-bond donors (Lipinski definition) is 1. The van der Waals surface area contributed by atoms with Gasteiger partial charge in [-0.3, -0.25) is 0 Å². The average molecular weight is 264 g/mol. The maximum atomic E-state index is 5.66. The van der Waals surface area contributed by atoms with Gasteiger partial charge in [0.1, 0.15) is 5.75 Å². The van der Waals surface area contributed by atoms with Gasteiger partial charge >= 0.3 is 0 Å². The second-order valence-electron chi connectivity index (χ2n) is 5.37. The van der Waals surface area contributed by atoms with E-state index >= 15 is 0 Å². The first-order valence-electron chi connectivity index (χ1n) is 7.15. The Labute approximate surface area is 117 Å². The fourth-order valence-electron chi connectivity index (χ4n) is 2.10. The Morgan fingerprint density at radius 1 is 1.37 bits per heavy atom.